The molecule has 0 bridgehead atoms. The first-order chi connectivity index (χ1) is 6.75. The number of rotatable bonds is 4. The van der Waals surface area contributed by atoms with Gasteiger partial charge in [0, 0.05) is 24.6 Å². The summed E-state index contributed by atoms with van der Waals surface area (Å²) in [5.74, 6) is -0.0656. The highest BCUT2D eigenvalue weighted by atomic mass is 16.5. The summed E-state index contributed by atoms with van der Waals surface area (Å²) in [5.41, 5.74) is 8.01. The molecule has 0 spiro atoms. The lowest BCUT2D eigenvalue weighted by atomic mass is 10.0. The van der Waals surface area contributed by atoms with Crippen molar-refractivity contribution in [2.24, 2.45) is 11.0 Å². The standard InChI is InChI=1S/C8H14N4O2/c1-6-7(2-5-14-6)8(13)10-3-4-11-12-9/h6-7H,2-5H2,1H3,(H,10,13). The third-order valence-electron chi connectivity index (χ3n) is 2.29. The predicted octanol–water partition coefficient (Wildman–Crippen LogP) is 0.838. The Kier molecular flexibility index (Phi) is 4.22. The Morgan fingerprint density at radius 2 is 2.57 bits per heavy atom. The molecule has 1 heterocycles. The zero-order valence-corrected chi connectivity index (χ0v) is 8.14. The van der Waals surface area contributed by atoms with Crippen LogP contribution < -0.4 is 5.32 Å². The van der Waals surface area contributed by atoms with Gasteiger partial charge in [-0.1, -0.05) is 5.11 Å². The molecule has 0 radical (unpaired) electrons. The molecule has 6 heteroatoms. The number of hydrogen-bond donors (Lipinski definition) is 1. The van der Waals surface area contributed by atoms with Crippen molar-refractivity contribution >= 4 is 5.91 Å². The largest absolute Gasteiger partial charge is 0.378 e. The van der Waals surface area contributed by atoms with Crippen LogP contribution in [-0.4, -0.2) is 31.7 Å². The molecule has 0 aromatic rings. The number of carbonyl (C=O) groups excluding carboxylic acids is 1. The lowest BCUT2D eigenvalue weighted by molar-refractivity contribution is -0.126. The molecule has 14 heavy (non-hydrogen) atoms. The van der Waals surface area contributed by atoms with Crippen LogP contribution in [0.5, 0.6) is 0 Å². The Bertz CT molecular complexity index is 250. The predicted molar refractivity (Wildman–Crippen MR) is 50.5 cm³/mol. The maximum Gasteiger partial charge on any atom is 0.225 e. The van der Waals surface area contributed by atoms with E-state index in [2.05, 4.69) is 15.3 Å². The van der Waals surface area contributed by atoms with E-state index in [1.54, 1.807) is 0 Å². The van der Waals surface area contributed by atoms with Gasteiger partial charge in [0.25, 0.3) is 0 Å². The number of ether oxygens (including phenoxy) is 1. The number of amides is 1. The maximum atomic E-state index is 11.5. The van der Waals surface area contributed by atoms with Crippen LogP contribution in [0.25, 0.3) is 10.4 Å². The molecular weight excluding hydrogens is 184 g/mol. The van der Waals surface area contributed by atoms with Crippen molar-refractivity contribution in [2.75, 3.05) is 19.7 Å². The second-order valence-electron chi connectivity index (χ2n) is 3.22. The zero-order chi connectivity index (χ0) is 10.4. The van der Waals surface area contributed by atoms with Crippen LogP contribution in [0.2, 0.25) is 0 Å². The van der Waals surface area contributed by atoms with Gasteiger partial charge >= 0.3 is 0 Å². The fourth-order valence-corrected chi connectivity index (χ4v) is 1.48. The second kappa shape index (κ2) is 5.47. The van der Waals surface area contributed by atoms with Crippen LogP contribution in [0.15, 0.2) is 5.11 Å². The lowest BCUT2D eigenvalue weighted by Crippen LogP contribution is -2.35. The van der Waals surface area contributed by atoms with Gasteiger partial charge in [-0.3, -0.25) is 4.79 Å². The lowest BCUT2D eigenvalue weighted by Gasteiger charge is -2.13. The van der Waals surface area contributed by atoms with Gasteiger partial charge in [-0.05, 0) is 18.9 Å². The summed E-state index contributed by atoms with van der Waals surface area (Å²) in [5, 5.41) is 6.03. The third-order valence-corrected chi connectivity index (χ3v) is 2.29. The Hall–Kier alpha value is -1.26. The van der Waals surface area contributed by atoms with Crippen molar-refractivity contribution < 1.29 is 9.53 Å². The van der Waals surface area contributed by atoms with Crippen molar-refractivity contribution in [3.05, 3.63) is 10.4 Å². The second-order valence-corrected chi connectivity index (χ2v) is 3.22. The average molecular weight is 198 g/mol. The van der Waals surface area contributed by atoms with Gasteiger partial charge in [-0.25, -0.2) is 0 Å². The maximum absolute atomic E-state index is 11.5. The van der Waals surface area contributed by atoms with Crippen molar-refractivity contribution in [1.82, 2.24) is 5.32 Å². The Morgan fingerprint density at radius 3 is 3.14 bits per heavy atom. The van der Waals surface area contributed by atoms with E-state index >= 15 is 0 Å². The van der Waals surface area contributed by atoms with Gasteiger partial charge in [0.15, 0.2) is 0 Å². The highest BCUT2D eigenvalue weighted by molar-refractivity contribution is 5.79. The van der Waals surface area contributed by atoms with Crippen LogP contribution in [0.3, 0.4) is 0 Å². The van der Waals surface area contributed by atoms with E-state index in [1.165, 1.54) is 0 Å². The summed E-state index contributed by atoms with van der Waals surface area (Å²) < 4.78 is 5.27. The van der Waals surface area contributed by atoms with Gasteiger partial charge in [0.1, 0.15) is 0 Å². The molecular formula is C8H14N4O2. The van der Waals surface area contributed by atoms with Crippen LogP contribution >= 0.6 is 0 Å². The first-order valence-corrected chi connectivity index (χ1v) is 4.66. The molecule has 1 aliphatic rings. The van der Waals surface area contributed by atoms with E-state index in [9.17, 15) is 4.79 Å². The van der Waals surface area contributed by atoms with Gasteiger partial charge in [-0.2, -0.15) is 0 Å². The van der Waals surface area contributed by atoms with Gasteiger partial charge in [-0.15, -0.1) is 0 Å². The Morgan fingerprint density at radius 1 is 1.79 bits per heavy atom. The molecule has 0 aliphatic carbocycles. The molecule has 78 valence electrons. The number of azide groups is 1. The Balaban J connectivity index is 2.24. The molecule has 0 aromatic carbocycles. The summed E-state index contributed by atoms with van der Waals surface area (Å²) in [6.45, 7) is 3.23. The molecule has 1 saturated heterocycles. The van der Waals surface area contributed by atoms with E-state index in [-0.39, 0.29) is 17.9 Å². The topological polar surface area (TPSA) is 87.1 Å². The minimum atomic E-state index is -0.0546. The van der Waals surface area contributed by atoms with E-state index in [0.29, 0.717) is 19.7 Å². The SMILES string of the molecule is CC1OCCC1C(=O)NCCN=[N+]=[N-]. The normalized spacial score (nSPS) is 25.5. The molecule has 1 N–H and O–H groups in total. The summed E-state index contributed by atoms with van der Waals surface area (Å²) >= 11 is 0. The van der Waals surface area contributed by atoms with Crippen molar-refractivity contribution in [1.29, 1.82) is 0 Å². The number of hydrogen-bond acceptors (Lipinski definition) is 3. The van der Waals surface area contributed by atoms with Crippen LogP contribution in [-0.2, 0) is 9.53 Å². The average Bonchev–Trinajstić information content (AvgIpc) is 2.59. The first kappa shape index (κ1) is 10.8. The highest BCUT2D eigenvalue weighted by Crippen LogP contribution is 2.19. The molecule has 6 nitrogen and oxygen atoms in total. The molecule has 1 rings (SSSR count). The monoisotopic (exact) mass is 198 g/mol. The van der Waals surface area contributed by atoms with Crippen LogP contribution in [0.1, 0.15) is 13.3 Å². The van der Waals surface area contributed by atoms with Gasteiger partial charge < -0.3 is 10.1 Å². The number of carbonyl (C=O) groups is 1. The molecule has 0 aromatic heterocycles. The van der Waals surface area contributed by atoms with Crippen molar-refractivity contribution in [2.45, 2.75) is 19.4 Å². The first-order valence-electron chi connectivity index (χ1n) is 4.66. The summed E-state index contributed by atoms with van der Waals surface area (Å²) in [6.07, 6.45) is 0.767. The van der Waals surface area contributed by atoms with Crippen molar-refractivity contribution in [3.8, 4) is 0 Å². The van der Waals surface area contributed by atoms with Gasteiger partial charge in [0.05, 0.1) is 12.0 Å². The summed E-state index contributed by atoms with van der Waals surface area (Å²) in [7, 11) is 0. The summed E-state index contributed by atoms with van der Waals surface area (Å²) in [6, 6.07) is 0. The quantitative estimate of drug-likeness (QED) is 0.314. The van der Waals surface area contributed by atoms with E-state index in [1.807, 2.05) is 6.92 Å². The minimum Gasteiger partial charge on any atom is -0.378 e. The minimum absolute atomic E-state index is 0.00512. The zero-order valence-electron chi connectivity index (χ0n) is 8.14. The van der Waals surface area contributed by atoms with Crippen LogP contribution in [0.4, 0.5) is 0 Å². The molecule has 1 amide bonds. The molecule has 1 fully saturated rings. The highest BCUT2D eigenvalue weighted by Gasteiger charge is 2.30. The van der Waals surface area contributed by atoms with Crippen LogP contribution in [0, 0.1) is 5.92 Å². The molecule has 2 atom stereocenters. The third kappa shape index (κ3) is 2.90. The van der Waals surface area contributed by atoms with E-state index in [0.717, 1.165) is 6.42 Å². The number of nitrogens with one attached hydrogen (secondary N) is 1. The van der Waals surface area contributed by atoms with Gasteiger partial charge in [0.2, 0.25) is 5.91 Å². The number of nitrogens with zero attached hydrogens (tertiary/aromatic N) is 3. The fourth-order valence-electron chi connectivity index (χ4n) is 1.48. The fraction of sp³-hybridized carbons (Fsp3) is 0.875. The van der Waals surface area contributed by atoms with Crippen molar-refractivity contribution in [3.63, 3.8) is 0 Å². The molecule has 2 unspecified atom stereocenters. The molecule has 0 saturated carbocycles. The smallest absolute Gasteiger partial charge is 0.225 e. The summed E-state index contributed by atoms with van der Waals surface area (Å²) in [4.78, 5) is 14.1. The molecule has 1 aliphatic heterocycles. The Labute approximate surface area is 82.2 Å². The van der Waals surface area contributed by atoms with E-state index < -0.39 is 0 Å². The van der Waals surface area contributed by atoms with E-state index in [4.69, 9.17) is 10.3 Å².